The quantitative estimate of drug-likeness (QED) is 0.135. The van der Waals surface area contributed by atoms with Gasteiger partial charge in [0, 0.05) is 33.5 Å². The standard InChI is InChI=1S/C76H52N2/c1-3-28-59(29-4-1)77(73-42-19-24-53-22-7-9-32-63(53)73)61-48-44-55(45-49-61)75(69-38-15-11-34-65(69)66-35-12-16-39-70(66)75)57-26-21-27-58(52-57)76(71-40-17-13-36-67(71)68-37-14-18-41-72(68)76)56-46-50-62(51-47-56)78(60-30-5-2-6-31-60)74-43-20-25-54-23-8-10-33-64(54)74/h1-52H. The largest absolute Gasteiger partial charge is 0.310 e. The molecule has 0 spiro atoms. The third-order valence-corrected chi connectivity index (χ3v) is 16.8. The summed E-state index contributed by atoms with van der Waals surface area (Å²) in [6.45, 7) is 0. The molecule has 2 aliphatic rings. The second-order valence-electron chi connectivity index (χ2n) is 20.7. The summed E-state index contributed by atoms with van der Waals surface area (Å²) in [7, 11) is 0. The Morgan fingerprint density at radius 2 is 0.500 bits per heavy atom. The number of hydrogen-bond acceptors (Lipinski definition) is 2. The van der Waals surface area contributed by atoms with Gasteiger partial charge >= 0.3 is 0 Å². The summed E-state index contributed by atoms with van der Waals surface area (Å²) in [5.74, 6) is 0. The number of hydrogen-bond donors (Lipinski definition) is 0. The summed E-state index contributed by atoms with van der Waals surface area (Å²) in [4.78, 5) is 4.81. The number of para-hydroxylation sites is 2. The number of nitrogens with zero attached hydrogens (tertiary/aromatic N) is 2. The van der Waals surface area contributed by atoms with Crippen molar-refractivity contribution in [3.8, 4) is 22.3 Å². The highest BCUT2D eigenvalue weighted by molar-refractivity contribution is 6.00. The molecule has 0 radical (unpaired) electrons. The Labute approximate surface area is 456 Å². The van der Waals surface area contributed by atoms with Gasteiger partial charge in [0.1, 0.15) is 0 Å². The van der Waals surface area contributed by atoms with Crippen LogP contribution >= 0.6 is 0 Å². The molecule has 0 N–H and O–H groups in total. The van der Waals surface area contributed by atoms with Crippen molar-refractivity contribution >= 4 is 55.7 Å². The van der Waals surface area contributed by atoms with Crippen LogP contribution in [0.3, 0.4) is 0 Å². The van der Waals surface area contributed by atoms with Crippen LogP contribution in [0.5, 0.6) is 0 Å². The molecule has 0 fully saturated rings. The van der Waals surface area contributed by atoms with Crippen molar-refractivity contribution in [1.29, 1.82) is 0 Å². The highest BCUT2D eigenvalue weighted by Gasteiger charge is 2.49. The van der Waals surface area contributed by atoms with Crippen LogP contribution in [0.25, 0.3) is 43.8 Å². The first kappa shape index (κ1) is 45.4. The first-order valence-electron chi connectivity index (χ1n) is 27.1. The van der Waals surface area contributed by atoms with Crippen LogP contribution < -0.4 is 9.80 Å². The zero-order chi connectivity index (χ0) is 51.6. The molecule has 2 aliphatic carbocycles. The number of benzene rings is 13. The van der Waals surface area contributed by atoms with Crippen LogP contribution in [0.4, 0.5) is 34.1 Å². The average molecular weight is 993 g/mol. The molecule has 366 valence electrons. The lowest BCUT2D eigenvalue weighted by atomic mass is 9.64. The van der Waals surface area contributed by atoms with Crippen molar-refractivity contribution in [3.05, 3.63) is 360 Å². The van der Waals surface area contributed by atoms with Crippen molar-refractivity contribution in [2.75, 3.05) is 9.80 Å². The molecular weight excluding hydrogens is 941 g/mol. The van der Waals surface area contributed by atoms with E-state index in [0.717, 1.165) is 34.1 Å². The summed E-state index contributed by atoms with van der Waals surface area (Å²) in [6.07, 6.45) is 0. The van der Waals surface area contributed by atoms with Crippen molar-refractivity contribution in [2.45, 2.75) is 10.8 Å². The first-order chi connectivity index (χ1) is 38.7. The van der Waals surface area contributed by atoms with E-state index >= 15 is 0 Å². The molecular formula is C76H52N2. The molecule has 13 aromatic rings. The van der Waals surface area contributed by atoms with Gasteiger partial charge in [-0.2, -0.15) is 0 Å². The van der Waals surface area contributed by atoms with Crippen LogP contribution in [0.1, 0.15) is 44.5 Å². The summed E-state index contributed by atoms with van der Waals surface area (Å²) in [5.41, 5.74) is 20.4. The Morgan fingerprint density at radius 3 is 0.885 bits per heavy atom. The van der Waals surface area contributed by atoms with E-state index in [9.17, 15) is 0 Å². The average Bonchev–Trinajstić information content (AvgIpc) is 4.06. The maximum Gasteiger partial charge on any atom is 0.0713 e. The van der Waals surface area contributed by atoms with Gasteiger partial charge in [0.25, 0.3) is 0 Å². The topological polar surface area (TPSA) is 6.48 Å². The van der Waals surface area contributed by atoms with E-state index in [-0.39, 0.29) is 0 Å². The van der Waals surface area contributed by atoms with Crippen LogP contribution in [0, 0.1) is 0 Å². The van der Waals surface area contributed by atoms with Crippen LogP contribution in [-0.4, -0.2) is 0 Å². The Kier molecular flexibility index (Phi) is 10.7. The minimum atomic E-state index is -0.657. The van der Waals surface area contributed by atoms with Crippen LogP contribution in [0.2, 0.25) is 0 Å². The van der Waals surface area contributed by atoms with Gasteiger partial charge in [0.15, 0.2) is 0 Å². The molecule has 78 heavy (non-hydrogen) atoms. The fourth-order valence-corrected chi connectivity index (χ4v) is 13.6. The molecule has 0 saturated heterocycles. The van der Waals surface area contributed by atoms with E-state index in [1.807, 2.05) is 0 Å². The minimum absolute atomic E-state index is 0.657. The predicted molar refractivity (Wildman–Crippen MR) is 325 cm³/mol. The molecule has 0 amide bonds. The van der Waals surface area contributed by atoms with Crippen molar-refractivity contribution in [1.82, 2.24) is 0 Å². The molecule has 0 atom stereocenters. The number of anilines is 6. The fraction of sp³-hybridized carbons (Fsp3) is 0.0263. The Hall–Kier alpha value is -10.0. The molecule has 0 heterocycles. The van der Waals surface area contributed by atoms with E-state index in [2.05, 4.69) is 325 Å². The highest BCUT2D eigenvalue weighted by Crippen LogP contribution is 2.60. The zero-order valence-electron chi connectivity index (χ0n) is 42.9. The van der Waals surface area contributed by atoms with Gasteiger partial charge in [0.05, 0.1) is 22.2 Å². The molecule has 2 heteroatoms. The lowest BCUT2D eigenvalue weighted by Crippen LogP contribution is -2.32. The van der Waals surface area contributed by atoms with Gasteiger partial charge in [-0.15, -0.1) is 0 Å². The zero-order valence-corrected chi connectivity index (χ0v) is 42.9. The SMILES string of the molecule is c1ccc(N(c2ccc(C3(c4cccc(C5(c6ccc(N(c7ccccc7)c7cccc8ccccc78)cc6)c6ccccc6-c6ccccc65)c4)c4ccccc4-c4ccccc43)cc2)c2cccc3ccccc23)cc1. The maximum atomic E-state index is 2.55. The minimum Gasteiger partial charge on any atom is -0.310 e. The number of rotatable bonds is 10. The van der Waals surface area contributed by atoms with Crippen LogP contribution in [0.15, 0.2) is 315 Å². The van der Waals surface area contributed by atoms with Crippen molar-refractivity contribution in [3.63, 3.8) is 0 Å². The fourth-order valence-electron chi connectivity index (χ4n) is 13.6. The lowest BCUT2D eigenvalue weighted by molar-refractivity contribution is 0.740. The maximum absolute atomic E-state index is 2.55. The van der Waals surface area contributed by atoms with Crippen LogP contribution in [-0.2, 0) is 10.8 Å². The molecule has 0 aromatic heterocycles. The van der Waals surface area contributed by atoms with E-state index in [1.54, 1.807) is 0 Å². The Bertz CT molecular complexity index is 4010. The summed E-state index contributed by atoms with van der Waals surface area (Å²) in [6, 6.07) is 117. The van der Waals surface area contributed by atoms with E-state index in [0.29, 0.717) is 0 Å². The Morgan fingerprint density at radius 1 is 0.205 bits per heavy atom. The van der Waals surface area contributed by atoms with Gasteiger partial charge < -0.3 is 9.80 Å². The predicted octanol–water partition coefficient (Wildman–Crippen LogP) is 19.7. The van der Waals surface area contributed by atoms with E-state index in [1.165, 1.54) is 88.3 Å². The van der Waals surface area contributed by atoms with Crippen molar-refractivity contribution < 1.29 is 0 Å². The molecule has 13 aromatic carbocycles. The second-order valence-corrected chi connectivity index (χ2v) is 20.7. The first-order valence-corrected chi connectivity index (χ1v) is 27.1. The van der Waals surface area contributed by atoms with Gasteiger partial charge in [-0.3, -0.25) is 0 Å². The molecule has 0 saturated carbocycles. The smallest absolute Gasteiger partial charge is 0.0713 e. The molecule has 0 bridgehead atoms. The highest BCUT2D eigenvalue weighted by atomic mass is 15.1. The Balaban J connectivity index is 0.945. The van der Waals surface area contributed by atoms with E-state index in [4.69, 9.17) is 0 Å². The summed E-state index contributed by atoms with van der Waals surface area (Å²) < 4.78 is 0. The normalized spacial score (nSPS) is 13.3. The number of fused-ring (bicyclic) bond motifs is 8. The second kappa shape index (κ2) is 18.4. The van der Waals surface area contributed by atoms with Gasteiger partial charge in [-0.25, -0.2) is 0 Å². The third kappa shape index (κ3) is 6.83. The van der Waals surface area contributed by atoms with E-state index < -0.39 is 10.8 Å². The van der Waals surface area contributed by atoms with Gasteiger partial charge in [-0.1, -0.05) is 255 Å². The lowest BCUT2D eigenvalue weighted by Gasteiger charge is -2.38. The van der Waals surface area contributed by atoms with Gasteiger partial charge in [0.2, 0.25) is 0 Å². The molecule has 0 unspecified atom stereocenters. The third-order valence-electron chi connectivity index (χ3n) is 16.8. The van der Waals surface area contributed by atoms with Crippen molar-refractivity contribution in [2.24, 2.45) is 0 Å². The molecule has 2 nitrogen and oxygen atoms in total. The summed E-state index contributed by atoms with van der Waals surface area (Å²) in [5, 5.41) is 4.83. The monoisotopic (exact) mass is 992 g/mol. The molecule has 15 rings (SSSR count). The summed E-state index contributed by atoms with van der Waals surface area (Å²) >= 11 is 0. The van der Waals surface area contributed by atoms with Gasteiger partial charge in [-0.05, 0) is 138 Å². The molecule has 0 aliphatic heterocycles.